The van der Waals surface area contributed by atoms with Gasteiger partial charge in [-0.05, 0) is 56.0 Å². The van der Waals surface area contributed by atoms with E-state index < -0.39 is 0 Å². The SMILES string of the molecule is Cc1cccc(CCCNc2ccc(C(=O)NCCCO)cc2)c1. The number of amides is 1. The summed E-state index contributed by atoms with van der Waals surface area (Å²) in [7, 11) is 0. The summed E-state index contributed by atoms with van der Waals surface area (Å²) in [6.07, 6.45) is 2.69. The summed E-state index contributed by atoms with van der Waals surface area (Å²) in [4.78, 5) is 11.9. The van der Waals surface area contributed by atoms with Crippen LogP contribution >= 0.6 is 0 Å². The molecule has 2 aromatic carbocycles. The fraction of sp³-hybridized carbons (Fsp3) is 0.350. The molecule has 0 bridgehead atoms. The Morgan fingerprint density at radius 3 is 2.54 bits per heavy atom. The van der Waals surface area contributed by atoms with Crippen molar-refractivity contribution in [2.24, 2.45) is 0 Å². The lowest BCUT2D eigenvalue weighted by Crippen LogP contribution is -2.24. The smallest absolute Gasteiger partial charge is 0.251 e. The predicted molar refractivity (Wildman–Crippen MR) is 98.5 cm³/mol. The van der Waals surface area contributed by atoms with Gasteiger partial charge in [-0.15, -0.1) is 0 Å². The monoisotopic (exact) mass is 326 g/mol. The van der Waals surface area contributed by atoms with Gasteiger partial charge in [-0.1, -0.05) is 29.8 Å². The highest BCUT2D eigenvalue weighted by molar-refractivity contribution is 5.94. The molecule has 4 heteroatoms. The van der Waals surface area contributed by atoms with Crippen molar-refractivity contribution < 1.29 is 9.90 Å². The van der Waals surface area contributed by atoms with Gasteiger partial charge < -0.3 is 15.7 Å². The number of aryl methyl sites for hydroxylation is 2. The summed E-state index contributed by atoms with van der Waals surface area (Å²) >= 11 is 0. The standard InChI is InChI=1S/C20H26N2O2/c1-16-5-2-6-17(15-16)7-3-12-21-19-10-8-18(9-11-19)20(24)22-13-4-14-23/h2,5-6,8-11,15,21,23H,3-4,7,12-14H2,1H3,(H,22,24). The first-order valence-electron chi connectivity index (χ1n) is 8.47. The number of anilines is 1. The Morgan fingerprint density at radius 1 is 1.04 bits per heavy atom. The molecule has 0 saturated carbocycles. The van der Waals surface area contributed by atoms with E-state index in [4.69, 9.17) is 5.11 Å². The lowest BCUT2D eigenvalue weighted by Gasteiger charge is -2.08. The molecule has 0 aliphatic heterocycles. The Balaban J connectivity index is 1.72. The van der Waals surface area contributed by atoms with Gasteiger partial charge in [0.1, 0.15) is 0 Å². The fourth-order valence-corrected chi connectivity index (χ4v) is 2.52. The summed E-state index contributed by atoms with van der Waals surface area (Å²) in [6.45, 7) is 3.60. The Morgan fingerprint density at radius 2 is 1.83 bits per heavy atom. The van der Waals surface area contributed by atoms with Crippen LogP contribution in [0.15, 0.2) is 48.5 Å². The number of aliphatic hydroxyl groups is 1. The molecular weight excluding hydrogens is 300 g/mol. The summed E-state index contributed by atoms with van der Waals surface area (Å²) in [5.74, 6) is -0.102. The molecule has 0 spiro atoms. The van der Waals surface area contributed by atoms with E-state index >= 15 is 0 Å². The van der Waals surface area contributed by atoms with E-state index in [1.54, 1.807) is 0 Å². The molecule has 2 aromatic rings. The first-order valence-corrected chi connectivity index (χ1v) is 8.47. The van der Waals surface area contributed by atoms with Crippen LogP contribution in [0.2, 0.25) is 0 Å². The number of hydrogen-bond donors (Lipinski definition) is 3. The van der Waals surface area contributed by atoms with Gasteiger partial charge in [-0.25, -0.2) is 0 Å². The molecule has 0 aliphatic rings. The van der Waals surface area contributed by atoms with Crippen molar-refractivity contribution >= 4 is 11.6 Å². The number of aliphatic hydroxyl groups excluding tert-OH is 1. The van der Waals surface area contributed by atoms with Crippen molar-refractivity contribution in [2.45, 2.75) is 26.2 Å². The average Bonchev–Trinajstić information content (AvgIpc) is 2.59. The second kappa shape index (κ2) is 9.73. The summed E-state index contributed by atoms with van der Waals surface area (Å²) in [6, 6.07) is 16.1. The molecule has 128 valence electrons. The predicted octanol–water partition coefficient (Wildman–Crippen LogP) is 3.15. The number of hydrogen-bond acceptors (Lipinski definition) is 3. The Kier molecular flexibility index (Phi) is 7.30. The van der Waals surface area contributed by atoms with Crippen molar-refractivity contribution in [3.8, 4) is 0 Å². The highest BCUT2D eigenvalue weighted by Crippen LogP contribution is 2.11. The normalized spacial score (nSPS) is 10.4. The molecular formula is C20H26N2O2. The molecule has 0 aliphatic carbocycles. The quantitative estimate of drug-likeness (QED) is 0.620. The molecule has 0 heterocycles. The van der Waals surface area contributed by atoms with E-state index in [-0.39, 0.29) is 12.5 Å². The molecule has 24 heavy (non-hydrogen) atoms. The average molecular weight is 326 g/mol. The number of benzene rings is 2. The van der Waals surface area contributed by atoms with Gasteiger partial charge >= 0.3 is 0 Å². The lowest BCUT2D eigenvalue weighted by atomic mass is 10.1. The van der Waals surface area contributed by atoms with Crippen molar-refractivity contribution in [3.63, 3.8) is 0 Å². The number of carbonyl (C=O) groups excluding carboxylic acids is 1. The van der Waals surface area contributed by atoms with Gasteiger partial charge in [0, 0.05) is 30.9 Å². The molecule has 1 amide bonds. The highest BCUT2D eigenvalue weighted by atomic mass is 16.3. The third kappa shape index (κ3) is 6.05. The molecule has 0 fully saturated rings. The van der Waals surface area contributed by atoms with Gasteiger partial charge in [-0.2, -0.15) is 0 Å². The van der Waals surface area contributed by atoms with E-state index in [2.05, 4.69) is 41.8 Å². The Hall–Kier alpha value is -2.33. The van der Waals surface area contributed by atoms with Gasteiger partial charge in [0.25, 0.3) is 5.91 Å². The van der Waals surface area contributed by atoms with Crippen molar-refractivity contribution in [1.29, 1.82) is 0 Å². The van der Waals surface area contributed by atoms with Gasteiger partial charge in [0.2, 0.25) is 0 Å². The summed E-state index contributed by atoms with van der Waals surface area (Å²) in [5.41, 5.74) is 4.32. The highest BCUT2D eigenvalue weighted by Gasteiger charge is 2.04. The van der Waals surface area contributed by atoms with Crippen LogP contribution in [-0.2, 0) is 6.42 Å². The van der Waals surface area contributed by atoms with E-state index in [0.29, 0.717) is 18.5 Å². The van der Waals surface area contributed by atoms with E-state index in [1.165, 1.54) is 11.1 Å². The second-order valence-electron chi connectivity index (χ2n) is 5.93. The molecule has 2 rings (SSSR count). The molecule has 0 radical (unpaired) electrons. The first kappa shape index (κ1) is 18.0. The minimum Gasteiger partial charge on any atom is -0.396 e. The second-order valence-corrected chi connectivity index (χ2v) is 5.93. The lowest BCUT2D eigenvalue weighted by molar-refractivity contribution is 0.0951. The summed E-state index contributed by atoms with van der Waals surface area (Å²) < 4.78 is 0. The van der Waals surface area contributed by atoms with Crippen LogP contribution in [-0.4, -0.2) is 30.7 Å². The van der Waals surface area contributed by atoms with Crippen LogP contribution in [0.1, 0.15) is 34.3 Å². The number of carbonyl (C=O) groups is 1. The maximum atomic E-state index is 11.9. The third-order valence-corrected chi connectivity index (χ3v) is 3.82. The zero-order chi connectivity index (χ0) is 17.2. The maximum Gasteiger partial charge on any atom is 0.251 e. The van der Waals surface area contributed by atoms with E-state index in [0.717, 1.165) is 25.1 Å². The third-order valence-electron chi connectivity index (χ3n) is 3.82. The molecule has 4 nitrogen and oxygen atoms in total. The van der Waals surface area contributed by atoms with E-state index in [1.807, 2.05) is 24.3 Å². The van der Waals surface area contributed by atoms with Crippen LogP contribution in [0, 0.1) is 6.92 Å². The van der Waals surface area contributed by atoms with Crippen molar-refractivity contribution in [3.05, 3.63) is 65.2 Å². The van der Waals surface area contributed by atoms with Crippen molar-refractivity contribution in [2.75, 3.05) is 25.0 Å². The number of nitrogens with one attached hydrogen (secondary N) is 2. The van der Waals surface area contributed by atoms with E-state index in [9.17, 15) is 4.79 Å². The molecule has 0 unspecified atom stereocenters. The fourth-order valence-electron chi connectivity index (χ4n) is 2.52. The Labute approximate surface area is 143 Å². The minimum absolute atomic E-state index is 0.0890. The maximum absolute atomic E-state index is 11.9. The molecule has 0 saturated heterocycles. The minimum atomic E-state index is -0.102. The number of rotatable bonds is 9. The van der Waals surface area contributed by atoms with Gasteiger partial charge in [-0.3, -0.25) is 4.79 Å². The molecule has 0 atom stereocenters. The van der Waals surface area contributed by atoms with Crippen LogP contribution in [0.3, 0.4) is 0 Å². The largest absolute Gasteiger partial charge is 0.396 e. The van der Waals surface area contributed by atoms with Crippen LogP contribution in [0.4, 0.5) is 5.69 Å². The molecule has 3 N–H and O–H groups in total. The van der Waals surface area contributed by atoms with Crippen molar-refractivity contribution in [1.82, 2.24) is 5.32 Å². The first-order chi connectivity index (χ1) is 11.7. The van der Waals surface area contributed by atoms with Crippen LogP contribution in [0.5, 0.6) is 0 Å². The van der Waals surface area contributed by atoms with Crippen LogP contribution in [0.25, 0.3) is 0 Å². The topological polar surface area (TPSA) is 61.4 Å². The van der Waals surface area contributed by atoms with Crippen LogP contribution < -0.4 is 10.6 Å². The summed E-state index contributed by atoms with van der Waals surface area (Å²) in [5, 5.41) is 14.9. The molecule has 0 aromatic heterocycles. The van der Waals surface area contributed by atoms with Gasteiger partial charge in [0.15, 0.2) is 0 Å². The Bertz CT molecular complexity index is 638. The zero-order valence-electron chi connectivity index (χ0n) is 14.2. The zero-order valence-corrected chi connectivity index (χ0v) is 14.2. The van der Waals surface area contributed by atoms with Gasteiger partial charge in [0.05, 0.1) is 0 Å².